The van der Waals surface area contributed by atoms with Gasteiger partial charge in [-0.1, -0.05) is 60.1 Å². The van der Waals surface area contributed by atoms with Gasteiger partial charge in [-0.15, -0.1) is 0 Å². The predicted molar refractivity (Wildman–Crippen MR) is 167 cm³/mol. The van der Waals surface area contributed by atoms with Crippen molar-refractivity contribution in [2.45, 2.75) is 143 Å². The average molecular weight is 649 g/mol. The van der Waals surface area contributed by atoms with Crippen LogP contribution in [0.3, 0.4) is 0 Å². The number of carboxylic acid groups (broad SMARTS) is 1. The van der Waals surface area contributed by atoms with Crippen LogP contribution < -0.4 is 0 Å². The SMILES string of the molecule is CC1(C)CC(=O)[C@]2(C)CC[C@]3(C)C(=C[C@@H](O)[C@@H]4[C@@]5(C)CC[C@H](O[C@@H]6O[C@H](C(=O)O)[C@@H](O)[C@H](O)[C@H]6O)[C@](C)(CO)[C@@H]5CC[C@]43C)[C@@H]2C1. The molecule has 6 rings (SSSR count). The van der Waals surface area contributed by atoms with Crippen LogP contribution in [0.25, 0.3) is 0 Å². The number of ketones is 1. The summed E-state index contributed by atoms with van der Waals surface area (Å²) in [5, 5.41) is 64.0. The van der Waals surface area contributed by atoms with E-state index in [-0.39, 0.29) is 46.0 Å². The van der Waals surface area contributed by atoms with Gasteiger partial charge in [0.25, 0.3) is 0 Å². The van der Waals surface area contributed by atoms with Gasteiger partial charge in [-0.05, 0) is 78.4 Å². The van der Waals surface area contributed by atoms with Gasteiger partial charge in [0.05, 0.1) is 18.8 Å². The topological polar surface area (TPSA) is 174 Å². The average Bonchev–Trinajstić information content (AvgIpc) is 2.96. The van der Waals surface area contributed by atoms with Crippen molar-refractivity contribution >= 4 is 11.8 Å². The van der Waals surface area contributed by atoms with Gasteiger partial charge >= 0.3 is 5.97 Å². The van der Waals surface area contributed by atoms with E-state index in [1.54, 1.807) is 0 Å². The van der Waals surface area contributed by atoms with Crippen LogP contribution in [0.15, 0.2) is 11.6 Å². The first-order chi connectivity index (χ1) is 21.2. The second-order valence-electron chi connectivity index (χ2n) is 17.9. The van der Waals surface area contributed by atoms with Crippen molar-refractivity contribution in [2.24, 2.45) is 50.2 Å². The first-order valence-corrected chi connectivity index (χ1v) is 17.3. The van der Waals surface area contributed by atoms with Crippen molar-refractivity contribution in [1.29, 1.82) is 0 Å². The summed E-state index contributed by atoms with van der Waals surface area (Å²) in [6.45, 7) is 15.2. The fraction of sp³-hybridized carbons (Fsp3) is 0.889. The Hall–Kier alpha value is -1.40. The molecule has 0 aromatic heterocycles. The largest absolute Gasteiger partial charge is 0.479 e. The van der Waals surface area contributed by atoms with E-state index in [4.69, 9.17) is 9.47 Å². The first kappa shape index (κ1) is 34.5. The summed E-state index contributed by atoms with van der Waals surface area (Å²) in [6, 6.07) is 0. The second-order valence-corrected chi connectivity index (χ2v) is 17.9. The number of hydrogen-bond donors (Lipinski definition) is 6. The lowest BCUT2D eigenvalue weighted by atomic mass is 9.33. The summed E-state index contributed by atoms with van der Waals surface area (Å²) in [6.07, 6.45) is -1.82. The molecule has 1 saturated heterocycles. The zero-order valence-electron chi connectivity index (χ0n) is 28.5. The number of aliphatic hydroxyl groups is 5. The van der Waals surface area contributed by atoms with Crippen molar-refractivity contribution in [3.63, 3.8) is 0 Å². The van der Waals surface area contributed by atoms with Crippen molar-refractivity contribution in [3.8, 4) is 0 Å². The number of fused-ring (bicyclic) bond motifs is 7. The third-order valence-electron chi connectivity index (χ3n) is 15.0. The van der Waals surface area contributed by atoms with E-state index in [1.807, 2.05) is 6.92 Å². The number of carbonyl (C=O) groups excluding carboxylic acids is 1. The van der Waals surface area contributed by atoms with E-state index in [0.717, 1.165) is 32.1 Å². The molecule has 15 atom stereocenters. The lowest BCUT2D eigenvalue weighted by Gasteiger charge is -2.72. The van der Waals surface area contributed by atoms with Gasteiger partial charge in [0, 0.05) is 23.2 Å². The molecule has 260 valence electrons. The van der Waals surface area contributed by atoms with E-state index in [9.17, 15) is 40.2 Å². The molecule has 0 aromatic carbocycles. The Balaban J connectivity index is 1.33. The maximum absolute atomic E-state index is 13.6. The van der Waals surface area contributed by atoms with Gasteiger partial charge in [-0.2, -0.15) is 0 Å². The van der Waals surface area contributed by atoms with E-state index in [2.05, 4.69) is 47.6 Å². The van der Waals surface area contributed by atoms with Crippen LogP contribution in [0.1, 0.15) is 99.8 Å². The van der Waals surface area contributed by atoms with E-state index < -0.39 is 59.7 Å². The number of Topliss-reactive ketones (excluding diaryl/α,β-unsaturated/α-hetero) is 1. The molecule has 1 heterocycles. The highest BCUT2D eigenvalue weighted by molar-refractivity contribution is 5.87. The normalized spacial score (nSPS) is 54.9. The highest BCUT2D eigenvalue weighted by Crippen LogP contribution is 2.75. The maximum Gasteiger partial charge on any atom is 0.335 e. The minimum Gasteiger partial charge on any atom is -0.479 e. The summed E-state index contributed by atoms with van der Waals surface area (Å²) < 4.78 is 11.7. The number of carbonyl (C=O) groups is 2. The maximum atomic E-state index is 13.6. The molecular formula is C36H56O10. The Morgan fingerprint density at radius 1 is 0.935 bits per heavy atom. The van der Waals surface area contributed by atoms with Crippen LogP contribution in [0.4, 0.5) is 0 Å². The molecule has 0 unspecified atom stereocenters. The minimum absolute atomic E-state index is 0.0782. The first-order valence-electron chi connectivity index (χ1n) is 17.3. The molecule has 6 aliphatic rings. The van der Waals surface area contributed by atoms with Crippen LogP contribution >= 0.6 is 0 Å². The number of carboxylic acids is 1. The molecule has 4 saturated carbocycles. The molecule has 0 radical (unpaired) electrons. The van der Waals surface area contributed by atoms with Gasteiger partial charge in [-0.3, -0.25) is 4.79 Å². The van der Waals surface area contributed by atoms with Crippen LogP contribution in [-0.4, -0.2) is 91.9 Å². The Morgan fingerprint density at radius 2 is 1.61 bits per heavy atom. The standard InChI is InChI=1S/C36H56O10/c1-31(2)15-19-18-14-20(38)28-33(4)10-9-23(45-30-26(42)24(40)25(41)27(46-30)29(43)44)34(5,17-37)21(33)8-11-36(28,7)35(18,6)13-12-32(19,3)22(39)16-31/h14,19-21,23-28,30,37-38,40-42H,8-13,15-17H2,1-7H3,(H,43,44)/t19-,20+,21+,23-,24-,25-,26+,27-,28+,30+,32+,33-,34+,35+,36+/m0/s1. The van der Waals surface area contributed by atoms with Gasteiger partial charge < -0.3 is 40.1 Å². The second kappa shape index (κ2) is 10.8. The molecule has 0 aromatic rings. The summed E-state index contributed by atoms with van der Waals surface area (Å²) in [7, 11) is 0. The molecule has 5 fully saturated rings. The zero-order valence-corrected chi connectivity index (χ0v) is 28.5. The molecule has 0 amide bonds. The van der Waals surface area contributed by atoms with Crippen LogP contribution in [0.5, 0.6) is 0 Å². The van der Waals surface area contributed by atoms with Crippen molar-refractivity contribution in [3.05, 3.63) is 11.6 Å². The molecule has 1 aliphatic heterocycles. The van der Waals surface area contributed by atoms with Crippen LogP contribution in [0, 0.1) is 50.2 Å². The molecule has 5 aliphatic carbocycles. The molecule has 0 bridgehead atoms. The summed E-state index contributed by atoms with van der Waals surface area (Å²) >= 11 is 0. The highest BCUT2D eigenvalue weighted by atomic mass is 16.7. The van der Waals surface area contributed by atoms with Crippen molar-refractivity contribution in [2.75, 3.05) is 6.61 Å². The third-order valence-corrected chi connectivity index (χ3v) is 15.0. The lowest BCUT2D eigenvalue weighted by Crippen LogP contribution is -2.69. The number of ether oxygens (including phenoxy) is 2. The Bertz CT molecular complexity index is 1300. The molecule has 10 heteroatoms. The molecular weight excluding hydrogens is 592 g/mol. The molecule has 0 spiro atoms. The molecule has 6 N–H and O–H groups in total. The van der Waals surface area contributed by atoms with E-state index >= 15 is 0 Å². The highest BCUT2D eigenvalue weighted by Gasteiger charge is 2.71. The monoisotopic (exact) mass is 648 g/mol. The number of aliphatic hydroxyl groups excluding tert-OH is 5. The van der Waals surface area contributed by atoms with Gasteiger partial charge in [0.2, 0.25) is 0 Å². The number of hydrogen-bond acceptors (Lipinski definition) is 9. The van der Waals surface area contributed by atoms with Gasteiger partial charge in [0.15, 0.2) is 12.4 Å². The van der Waals surface area contributed by atoms with Crippen molar-refractivity contribution in [1.82, 2.24) is 0 Å². The van der Waals surface area contributed by atoms with Crippen LogP contribution in [0.2, 0.25) is 0 Å². The third kappa shape index (κ3) is 4.53. The Kier molecular flexibility index (Phi) is 8.09. The summed E-state index contributed by atoms with van der Waals surface area (Å²) in [4.78, 5) is 25.3. The Morgan fingerprint density at radius 3 is 2.24 bits per heavy atom. The number of aliphatic carboxylic acids is 1. The lowest BCUT2D eigenvalue weighted by molar-refractivity contribution is -0.328. The van der Waals surface area contributed by atoms with Crippen LogP contribution in [-0.2, 0) is 19.1 Å². The quantitative estimate of drug-likeness (QED) is 0.196. The predicted octanol–water partition coefficient (Wildman–Crippen LogP) is 3.21. The number of rotatable bonds is 4. The van der Waals surface area contributed by atoms with E-state index in [1.165, 1.54) is 5.57 Å². The van der Waals surface area contributed by atoms with E-state index in [0.29, 0.717) is 25.0 Å². The summed E-state index contributed by atoms with van der Waals surface area (Å²) in [5.41, 5.74) is -0.915. The van der Waals surface area contributed by atoms with Crippen molar-refractivity contribution < 1.29 is 49.7 Å². The summed E-state index contributed by atoms with van der Waals surface area (Å²) in [5.74, 6) is -1.23. The molecule has 10 nitrogen and oxygen atoms in total. The minimum atomic E-state index is -1.81. The Labute approximate surface area is 272 Å². The van der Waals surface area contributed by atoms with Gasteiger partial charge in [-0.25, -0.2) is 4.79 Å². The van der Waals surface area contributed by atoms with Gasteiger partial charge in [0.1, 0.15) is 24.1 Å². The fourth-order valence-electron chi connectivity index (χ4n) is 12.1. The molecule has 46 heavy (non-hydrogen) atoms. The zero-order chi connectivity index (χ0) is 34.0. The number of allylic oxidation sites excluding steroid dienone is 1. The fourth-order valence-corrected chi connectivity index (χ4v) is 12.1. The smallest absolute Gasteiger partial charge is 0.335 e.